The summed E-state index contributed by atoms with van der Waals surface area (Å²) in [4.78, 5) is 11.8. The number of halogens is 1. The number of benzene rings is 1. The van der Waals surface area contributed by atoms with Crippen molar-refractivity contribution in [3.63, 3.8) is 0 Å². The number of carbonyl (C=O) groups excluding carboxylic acids is 1. The molecule has 18 heavy (non-hydrogen) atoms. The first-order chi connectivity index (χ1) is 8.66. The highest BCUT2D eigenvalue weighted by Gasteiger charge is 2.30. The molecule has 4 nitrogen and oxygen atoms in total. The van der Waals surface area contributed by atoms with E-state index in [2.05, 4.69) is 5.32 Å². The molecule has 0 spiro atoms. The zero-order valence-corrected chi connectivity index (χ0v) is 10.8. The lowest BCUT2D eigenvalue weighted by Crippen LogP contribution is -2.41. The van der Waals surface area contributed by atoms with Gasteiger partial charge < -0.3 is 15.8 Å². The maximum atomic E-state index is 11.8. The highest BCUT2D eigenvalue weighted by Crippen LogP contribution is 2.12. The molecule has 0 aromatic heterocycles. The molecule has 0 aliphatic carbocycles. The molecule has 2 rings (SSSR count). The summed E-state index contributed by atoms with van der Waals surface area (Å²) in [5.41, 5.74) is 6.92. The van der Waals surface area contributed by atoms with Crippen LogP contribution in [0.1, 0.15) is 5.56 Å². The van der Waals surface area contributed by atoms with E-state index in [-0.39, 0.29) is 17.9 Å². The quantitative estimate of drug-likeness (QED) is 0.855. The van der Waals surface area contributed by atoms with Gasteiger partial charge in [-0.3, -0.25) is 4.79 Å². The third-order valence-corrected chi connectivity index (χ3v) is 3.34. The van der Waals surface area contributed by atoms with Gasteiger partial charge in [0.15, 0.2) is 0 Å². The fraction of sp³-hybridized carbons (Fsp3) is 0.462. The molecule has 2 atom stereocenters. The van der Waals surface area contributed by atoms with E-state index in [1.54, 1.807) is 0 Å². The lowest BCUT2D eigenvalue weighted by atomic mass is 10.0. The van der Waals surface area contributed by atoms with E-state index in [1.165, 1.54) is 0 Å². The molecule has 1 fully saturated rings. The molecule has 1 aliphatic rings. The lowest BCUT2D eigenvalue weighted by Gasteiger charge is -2.13. The van der Waals surface area contributed by atoms with Gasteiger partial charge >= 0.3 is 0 Å². The van der Waals surface area contributed by atoms with Gasteiger partial charge in [-0.1, -0.05) is 23.7 Å². The molecular weight excluding hydrogens is 252 g/mol. The van der Waals surface area contributed by atoms with Gasteiger partial charge in [0.05, 0.1) is 19.1 Å². The average Bonchev–Trinajstić information content (AvgIpc) is 2.78. The van der Waals surface area contributed by atoms with Crippen LogP contribution >= 0.6 is 11.6 Å². The molecule has 1 heterocycles. The van der Waals surface area contributed by atoms with Crippen LogP contribution in [0.5, 0.6) is 0 Å². The van der Waals surface area contributed by atoms with Gasteiger partial charge in [0.25, 0.3) is 0 Å². The molecule has 5 heteroatoms. The number of hydrogen-bond donors (Lipinski definition) is 2. The average molecular weight is 269 g/mol. The SMILES string of the molecule is NC1COCC1C(=O)NCCc1ccc(Cl)cc1. The van der Waals surface area contributed by atoms with E-state index < -0.39 is 0 Å². The van der Waals surface area contributed by atoms with Crippen LogP contribution in [0.3, 0.4) is 0 Å². The molecule has 0 bridgehead atoms. The largest absolute Gasteiger partial charge is 0.379 e. The van der Waals surface area contributed by atoms with E-state index in [4.69, 9.17) is 22.1 Å². The van der Waals surface area contributed by atoms with Crippen LogP contribution in [-0.2, 0) is 16.0 Å². The third-order valence-electron chi connectivity index (χ3n) is 3.09. The zero-order chi connectivity index (χ0) is 13.0. The highest BCUT2D eigenvalue weighted by atomic mass is 35.5. The first kappa shape index (κ1) is 13.3. The van der Waals surface area contributed by atoms with Crippen LogP contribution in [0.25, 0.3) is 0 Å². The molecule has 0 saturated carbocycles. The molecule has 1 amide bonds. The Kier molecular flexibility index (Phi) is 4.58. The van der Waals surface area contributed by atoms with Crippen molar-refractivity contribution < 1.29 is 9.53 Å². The Balaban J connectivity index is 1.75. The van der Waals surface area contributed by atoms with Crippen molar-refractivity contribution in [3.8, 4) is 0 Å². The summed E-state index contributed by atoms with van der Waals surface area (Å²) in [6, 6.07) is 7.43. The summed E-state index contributed by atoms with van der Waals surface area (Å²) >= 11 is 5.80. The third kappa shape index (κ3) is 3.45. The Morgan fingerprint density at radius 2 is 2.11 bits per heavy atom. The van der Waals surface area contributed by atoms with Crippen LogP contribution < -0.4 is 11.1 Å². The number of hydrogen-bond acceptors (Lipinski definition) is 3. The van der Waals surface area contributed by atoms with E-state index in [0.29, 0.717) is 19.8 Å². The number of ether oxygens (including phenoxy) is 1. The fourth-order valence-electron chi connectivity index (χ4n) is 1.95. The summed E-state index contributed by atoms with van der Waals surface area (Å²) in [7, 11) is 0. The Bertz CT molecular complexity index is 408. The Labute approximate surface area is 111 Å². The minimum Gasteiger partial charge on any atom is -0.379 e. The zero-order valence-electron chi connectivity index (χ0n) is 10.1. The van der Waals surface area contributed by atoms with Crippen LogP contribution in [0.2, 0.25) is 5.02 Å². The predicted octanol–water partition coefficient (Wildman–Crippen LogP) is 0.972. The van der Waals surface area contributed by atoms with Crippen molar-refractivity contribution >= 4 is 17.5 Å². The van der Waals surface area contributed by atoms with Crippen molar-refractivity contribution in [2.24, 2.45) is 11.7 Å². The van der Waals surface area contributed by atoms with Crippen molar-refractivity contribution in [1.29, 1.82) is 0 Å². The van der Waals surface area contributed by atoms with E-state index in [1.807, 2.05) is 24.3 Å². The topological polar surface area (TPSA) is 64.3 Å². The van der Waals surface area contributed by atoms with Gasteiger partial charge in [-0.05, 0) is 24.1 Å². The first-order valence-corrected chi connectivity index (χ1v) is 6.40. The van der Waals surface area contributed by atoms with Crippen LogP contribution in [0.4, 0.5) is 0 Å². The molecule has 1 aromatic rings. The van der Waals surface area contributed by atoms with Gasteiger partial charge in [-0.25, -0.2) is 0 Å². The van der Waals surface area contributed by atoms with Crippen LogP contribution in [0, 0.1) is 5.92 Å². The normalized spacial score (nSPS) is 23.0. The van der Waals surface area contributed by atoms with Gasteiger partial charge in [0.2, 0.25) is 5.91 Å². The molecule has 0 radical (unpaired) electrons. The Hall–Kier alpha value is -1.10. The van der Waals surface area contributed by atoms with E-state index >= 15 is 0 Å². The molecule has 98 valence electrons. The summed E-state index contributed by atoms with van der Waals surface area (Å²) < 4.78 is 5.17. The second kappa shape index (κ2) is 6.18. The Morgan fingerprint density at radius 1 is 1.39 bits per heavy atom. The van der Waals surface area contributed by atoms with Crippen LogP contribution in [-0.4, -0.2) is 31.7 Å². The van der Waals surface area contributed by atoms with Gasteiger partial charge in [-0.15, -0.1) is 0 Å². The molecule has 1 aliphatic heterocycles. The molecular formula is C13H17ClN2O2. The van der Waals surface area contributed by atoms with Gasteiger partial charge in [-0.2, -0.15) is 0 Å². The standard InChI is InChI=1S/C13H17ClN2O2/c14-10-3-1-9(2-4-10)5-6-16-13(17)11-7-18-8-12(11)15/h1-4,11-12H,5-8,15H2,(H,16,17). The first-order valence-electron chi connectivity index (χ1n) is 6.02. The number of carbonyl (C=O) groups is 1. The van der Waals surface area contributed by atoms with Crippen molar-refractivity contribution in [1.82, 2.24) is 5.32 Å². The second-order valence-electron chi connectivity index (χ2n) is 4.48. The molecule has 3 N–H and O–H groups in total. The minimum absolute atomic E-state index is 0.0195. The molecule has 1 saturated heterocycles. The monoisotopic (exact) mass is 268 g/mol. The number of rotatable bonds is 4. The van der Waals surface area contributed by atoms with Gasteiger partial charge in [0.1, 0.15) is 0 Å². The number of nitrogens with one attached hydrogen (secondary N) is 1. The minimum atomic E-state index is -0.213. The van der Waals surface area contributed by atoms with Crippen molar-refractivity contribution in [2.75, 3.05) is 19.8 Å². The van der Waals surface area contributed by atoms with E-state index in [9.17, 15) is 4.79 Å². The molecule has 2 unspecified atom stereocenters. The summed E-state index contributed by atoms with van der Waals surface area (Å²) in [5, 5.41) is 3.61. The second-order valence-corrected chi connectivity index (χ2v) is 4.91. The maximum Gasteiger partial charge on any atom is 0.227 e. The summed E-state index contributed by atoms with van der Waals surface area (Å²) in [5.74, 6) is -0.232. The van der Waals surface area contributed by atoms with Crippen LogP contribution in [0.15, 0.2) is 24.3 Å². The highest BCUT2D eigenvalue weighted by molar-refractivity contribution is 6.30. The van der Waals surface area contributed by atoms with Crippen molar-refractivity contribution in [2.45, 2.75) is 12.5 Å². The predicted molar refractivity (Wildman–Crippen MR) is 70.5 cm³/mol. The number of nitrogens with two attached hydrogens (primary N) is 1. The fourth-order valence-corrected chi connectivity index (χ4v) is 2.08. The summed E-state index contributed by atoms with van der Waals surface area (Å²) in [6.07, 6.45) is 0.783. The van der Waals surface area contributed by atoms with E-state index in [0.717, 1.165) is 17.0 Å². The smallest absolute Gasteiger partial charge is 0.227 e. The lowest BCUT2D eigenvalue weighted by molar-refractivity contribution is -0.125. The number of amides is 1. The van der Waals surface area contributed by atoms with Gasteiger partial charge in [0, 0.05) is 17.6 Å². The van der Waals surface area contributed by atoms with Crippen molar-refractivity contribution in [3.05, 3.63) is 34.9 Å². The Morgan fingerprint density at radius 3 is 2.72 bits per heavy atom. The maximum absolute atomic E-state index is 11.8. The summed E-state index contributed by atoms with van der Waals surface area (Å²) in [6.45, 7) is 1.49. The molecule has 1 aromatic carbocycles.